The van der Waals surface area contributed by atoms with E-state index in [1.165, 1.54) is 11.3 Å². The maximum absolute atomic E-state index is 13.5. The highest BCUT2D eigenvalue weighted by Gasteiger charge is 2.21. The van der Waals surface area contributed by atoms with Crippen LogP contribution in [0.4, 0.5) is 11.4 Å². The molecule has 1 aromatic heterocycles. The van der Waals surface area contributed by atoms with E-state index in [9.17, 15) is 4.79 Å². The Morgan fingerprint density at radius 3 is 2.26 bits per heavy atom. The van der Waals surface area contributed by atoms with E-state index < -0.39 is 0 Å². The van der Waals surface area contributed by atoms with Crippen molar-refractivity contribution in [1.82, 2.24) is 14.7 Å². The quantitative estimate of drug-likeness (QED) is 0.442. The number of anilines is 2. The Hall–Kier alpha value is -3.90. The lowest BCUT2D eigenvalue weighted by molar-refractivity contribution is 0.102. The van der Waals surface area contributed by atoms with Gasteiger partial charge in [-0.15, -0.1) is 0 Å². The van der Waals surface area contributed by atoms with Gasteiger partial charge in [0.2, 0.25) is 0 Å². The fourth-order valence-electron chi connectivity index (χ4n) is 4.55. The number of carbonyl (C=O) groups is 1. The largest absolute Gasteiger partial charge is 0.369 e. The predicted molar refractivity (Wildman–Crippen MR) is 143 cm³/mol. The van der Waals surface area contributed by atoms with Gasteiger partial charge in [-0.2, -0.15) is 5.10 Å². The van der Waals surface area contributed by atoms with Crippen molar-refractivity contribution in [2.75, 3.05) is 43.4 Å². The average Bonchev–Trinajstić information content (AvgIpc) is 3.31. The van der Waals surface area contributed by atoms with Crippen LogP contribution in [0.3, 0.4) is 0 Å². The van der Waals surface area contributed by atoms with Crippen LogP contribution in [0.5, 0.6) is 0 Å². The van der Waals surface area contributed by atoms with Crippen LogP contribution in [0.25, 0.3) is 16.9 Å². The third kappa shape index (κ3) is 4.98. The smallest absolute Gasteiger partial charge is 0.259 e. The van der Waals surface area contributed by atoms with E-state index in [0.29, 0.717) is 11.3 Å². The van der Waals surface area contributed by atoms with Crippen LogP contribution < -0.4 is 10.2 Å². The summed E-state index contributed by atoms with van der Waals surface area (Å²) in [5.41, 5.74) is 7.32. The van der Waals surface area contributed by atoms with E-state index in [4.69, 9.17) is 5.10 Å². The molecule has 0 aliphatic carbocycles. The average molecular weight is 466 g/mol. The number of likely N-dealkylation sites (N-methyl/N-ethyl adjacent to an activating group) is 1. The first-order valence-electron chi connectivity index (χ1n) is 12.1. The molecule has 3 aromatic carbocycles. The Morgan fingerprint density at radius 1 is 0.857 bits per heavy atom. The maximum Gasteiger partial charge on any atom is 0.259 e. The van der Waals surface area contributed by atoms with Gasteiger partial charge < -0.3 is 15.1 Å². The van der Waals surface area contributed by atoms with Crippen molar-refractivity contribution in [1.29, 1.82) is 0 Å². The first kappa shape index (κ1) is 22.9. The number of benzene rings is 3. The molecule has 1 N–H and O–H groups in total. The highest BCUT2D eigenvalue weighted by atomic mass is 16.1. The fraction of sp³-hybridized carbons (Fsp3) is 0.241. The molecule has 178 valence electrons. The van der Waals surface area contributed by atoms with Crippen molar-refractivity contribution in [2.24, 2.45) is 0 Å². The van der Waals surface area contributed by atoms with Crippen LogP contribution in [0.2, 0.25) is 0 Å². The number of hydrogen-bond donors (Lipinski definition) is 1. The normalized spacial score (nSPS) is 14.2. The van der Waals surface area contributed by atoms with Gasteiger partial charge in [-0.05, 0) is 62.9 Å². The summed E-state index contributed by atoms with van der Waals surface area (Å²) in [6.07, 6.45) is 1.82. The second-order valence-corrected chi connectivity index (χ2v) is 9.28. The molecule has 1 fully saturated rings. The van der Waals surface area contributed by atoms with Crippen molar-refractivity contribution in [3.05, 3.63) is 95.7 Å². The standard InChI is InChI=1S/C29H31N5O/c1-21-9-14-26(22(2)19-21)28-27(20-34(31-28)25-7-5-4-6-8-25)29(35)30-23-10-12-24(13-11-23)33-17-15-32(3)16-18-33/h4-14,19-20H,15-18H2,1-3H3,(H,30,35). The zero-order valence-corrected chi connectivity index (χ0v) is 20.5. The summed E-state index contributed by atoms with van der Waals surface area (Å²) in [5, 5.41) is 7.91. The van der Waals surface area contributed by atoms with Crippen LogP contribution in [0.15, 0.2) is 79.0 Å². The highest BCUT2D eigenvalue weighted by molar-refractivity contribution is 6.08. The van der Waals surface area contributed by atoms with Crippen molar-refractivity contribution >= 4 is 17.3 Å². The van der Waals surface area contributed by atoms with E-state index in [0.717, 1.165) is 48.7 Å². The zero-order chi connectivity index (χ0) is 24.4. The molecule has 0 radical (unpaired) electrons. The minimum Gasteiger partial charge on any atom is -0.369 e. The van der Waals surface area contributed by atoms with Gasteiger partial charge in [0.15, 0.2) is 0 Å². The minimum atomic E-state index is -0.172. The van der Waals surface area contributed by atoms with Crippen LogP contribution in [-0.4, -0.2) is 53.8 Å². The molecule has 35 heavy (non-hydrogen) atoms. The Bertz CT molecular complexity index is 1320. The molecule has 0 bridgehead atoms. The number of nitrogens with one attached hydrogen (secondary N) is 1. The van der Waals surface area contributed by atoms with Gasteiger partial charge in [-0.1, -0.05) is 42.0 Å². The van der Waals surface area contributed by atoms with Crippen LogP contribution >= 0.6 is 0 Å². The van der Waals surface area contributed by atoms with Crippen molar-refractivity contribution < 1.29 is 4.79 Å². The number of hydrogen-bond acceptors (Lipinski definition) is 4. The highest BCUT2D eigenvalue weighted by Crippen LogP contribution is 2.28. The molecule has 4 aromatic rings. The van der Waals surface area contributed by atoms with E-state index in [2.05, 4.69) is 60.3 Å². The summed E-state index contributed by atoms with van der Waals surface area (Å²) in [5.74, 6) is -0.172. The molecule has 1 aliphatic heterocycles. The third-order valence-electron chi connectivity index (χ3n) is 6.61. The van der Waals surface area contributed by atoms with Crippen molar-refractivity contribution in [2.45, 2.75) is 13.8 Å². The lowest BCUT2D eigenvalue weighted by atomic mass is 10.0. The van der Waals surface area contributed by atoms with E-state index >= 15 is 0 Å². The molecule has 0 atom stereocenters. The number of aryl methyl sites for hydroxylation is 2. The monoisotopic (exact) mass is 465 g/mol. The summed E-state index contributed by atoms with van der Waals surface area (Å²) < 4.78 is 1.78. The predicted octanol–water partition coefficient (Wildman–Crippen LogP) is 5.16. The van der Waals surface area contributed by atoms with E-state index in [1.807, 2.05) is 54.7 Å². The number of rotatable bonds is 5. The Labute approximate surface area is 206 Å². The van der Waals surface area contributed by atoms with Gasteiger partial charge in [-0.25, -0.2) is 4.68 Å². The van der Waals surface area contributed by atoms with Gasteiger partial charge >= 0.3 is 0 Å². The number of amides is 1. The Kier molecular flexibility index (Phi) is 6.38. The van der Waals surface area contributed by atoms with Crippen LogP contribution in [-0.2, 0) is 0 Å². The maximum atomic E-state index is 13.5. The lowest BCUT2D eigenvalue weighted by Crippen LogP contribution is -2.44. The molecule has 0 unspecified atom stereocenters. The summed E-state index contributed by atoms with van der Waals surface area (Å²) in [6, 6.07) is 24.2. The number of para-hydroxylation sites is 1. The van der Waals surface area contributed by atoms with E-state index in [1.54, 1.807) is 4.68 Å². The molecule has 0 saturated carbocycles. The lowest BCUT2D eigenvalue weighted by Gasteiger charge is -2.34. The molecular formula is C29H31N5O. The molecule has 6 nitrogen and oxygen atoms in total. The first-order chi connectivity index (χ1) is 17.0. The van der Waals surface area contributed by atoms with Crippen molar-refractivity contribution in [3.63, 3.8) is 0 Å². The Morgan fingerprint density at radius 2 is 1.57 bits per heavy atom. The first-order valence-corrected chi connectivity index (χ1v) is 12.1. The summed E-state index contributed by atoms with van der Waals surface area (Å²) in [7, 11) is 2.16. The number of carbonyl (C=O) groups excluding carboxylic acids is 1. The summed E-state index contributed by atoms with van der Waals surface area (Å²) >= 11 is 0. The molecular weight excluding hydrogens is 434 g/mol. The summed E-state index contributed by atoms with van der Waals surface area (Å²) in [4.78, 5) is 18.2. The molecule has 6 heteroatoms. The molecule has 1 saturated heterocycles. The van der Waals surface area contributed by atoms with Crippen LogP contribution in [0, 0.1) is 13.8 Å². The second-order valence-electron chi connectivity index (χ2n) is 9.28. The molecule has 5 rings (SSSR count). The summed E-state index contributed by atoms with van der Waals surface area (Å²) in [6.45, 7) is 8.28. The third-order valence-corrected chi connectivity index (χ3v) is 6.61. The SMILES string of the molecule is Cc1ccc(-c2nn(-c3ccccc3)cc2C(=O)Nc2ccc(N3CCN(C)CC3)cc2)c(C)c1. The number of nitrogens with zero attached hydrogens (tertiary/aromatic N) is 4. The minimum absolute atomic E-state index is 0.172. The van der Waals surface area contributed by atoms with Gasteiger partial charge in [0.05, 0.1) is 11.3 Å². The second kappa shape index (κ2) is 9.76. The number of aromatic nitrogens is 2. The van der Waals surface area contributed by atoms with Crippen molar-refractivity contribution in [3.8, 4) is 16.9 Å². The van der Waals surface area contributed by atoms with Gasteiger partial charge in [0.1, 0.15) is 5.69 Å². The molecule has 0 spiro atoms. The van der Waals surface area contributed by atoms with Crippen LogP contribution in [0.1, 0.15) is 21.5 Å². The number of piperazine rings is 1. The van der Waals surface area contributed by atoms with Gasteiger partial charge in [0, 0.05) is 49.3 Å². The topological polar surface area (TPSA) is 53.4 Å². The van der Waals surface area contributed by atoms with Gasteiger partial charge in [-0.3, -0.25) is 4.79 Å². The Balaban J connectivity index is 1.43. The molecule has 1 amide bonds. The molecule has 2 heterocycles. The van der Waals surface area contributed by atoms with Gasteiger partial charge in [0.25, 0.3) is 5.91 Å². The molecule has 1 aliphatic rings. The van der Waals surface area contributed by atoms with E-state index in [-0.39, 0.29) is 5.91 Å². The fourth-order valence-corrected chi connectivity index (χ4v) is 4.55. The zero-order valence-electron chi connectivity index (χ0n) is 20.5.